The number of hydrogen-bond donors (Lipinski definition) is 0. The Morgan fingerprint density at radius 3 is 2.40 bits per heavy atom. The molecule has 136 valence electrons. The first kappa shape index (κ1) is 19.2. The number of halogens is 1. The van der Waals surface area contributed by atoms with E-state index in [4.69, 9.17) is 21.1 Å². The van der Waals surface area contributed by atoms with Crippen LogP contribution in [0.15, 0.2) is 12.3 Å². The van der Waals surface area contributed by atoms with Crippen LogP contribution in [-0.4, -0.2) is 43.0 Å². The fourth-order valence-electron chi connectivity index (χ4n) is 2.76. The minimum absolute atomic E-state index is 0.0755. The number of rotatable bonds is 6. The van der Waals surface area contributed by atoms with Gasteiger partial charge >= 0.3 is 11.9 Å². The van der Waals surface area contributed by atoms with Crippen molar-refractivity contribution in [2.24, 2.45) is 5.92 Å². The third-order valence-electron chi connectivity index (χ3n) is 4.13. The number of ketones is 1. The van der Waals surface area contributed by atoms with Crippen molar-refractivity contribution >= 4 is 29.3 Å². The number of aromatic nitrogens is 1. The zero-order valence-electron chi connectivity index (χ0n) is 14.1. The van der Waals surface area contributed by atoms with Gasteiger partial charge in [0.1, 0.15) is 11.1 Å². The molecule has 1 aliphatic carbocycles. The van der Waals surface area contributed by atoms with Crippen LogP contribution in [0.3, 0.4) is 0 Å². The summed E-state index contributed by atoms with van der Waals surface area (Å²) in [4.78, 5) is 38.4. The van der Waals surface area contributed by atoms with E-state index in [0.29, 0.717) is 31.2 Å². The molecule has 0 atom stereocenters. The molecule has 8 heteroatoms. The zero-order valence-corrected chi connectivity index (χ0v) is 14.9. The first-order chi connectivity index (χ1) is 11.9. The Bertz CT molecular complexity index is 655. The predicted molar refractivity (Wildman–Crippen MR) is 88.4 cm³/mol. The summed E-state index contributed by atoms with van der Waals surface area (Å²) in [5, 5.41) is 0.269. The molecule has 1 heterocycles. The van der Waals surface area contributed by atoms with Crippen molar-refractivity contribution in [2.45, 2.75) is 38.2 Å². The molecule has 1 fully saturated rings. The summed E-state index contributed by atoms with van der Waals surface area (Å²) in [6.45, 7) is 0. The Balaban J connectivity index is 1.92. The number of pyridine rings is 1. The van der Waals surface area contributed by atoms with Crippen molar-refractivity contribution in [1.82, 2.24) is 4.98 Å². The van der Waals surface area contributed by atoms with Crippen LogP contribution in [0.5, 0.6) is 5.88 Å². The van der Waals surface area contributed by atoms with Gasteiger partial charge in [-0.3, -0.25) is 9.59 Å². The second kappa shape index (κ2) is 8.80. The number of nitrogens with zero attached hydrogens (tertiary/aromatic N) is 1. The molecule has 0 aliphatic heterocycles. The molecule has 0 spiro atoms. The van der Waals surface area contributed by atoms with Gasteiger partial charge in [-0.05, 0) is 37.3 Å². The minimum atomic E-state index is -0.904. The average molecular weight is 370 g/mol. The van der Waals surface area contributed by atoms with Crippen LogP contribution >= 0.6 is 11.6 Å². The van der Waals surface area contributed by atoms with Crippen LogP contribution in [0.2, 0.25) is 5.02 Å². The second-order valence-corrected chi connectivity index (χ2v) is 6.24. The maximum atomic E-state index is 11.6. The van der Waals surface area contributed by atoms with Crippen LogP contribution in [0.25, 0.3) is 0 Å². The lowest BCUT2D eigenvalue weighted by Crippen LogP contribution is -2.28. The maximum absolute atomic E-state index is 11.6. The number of carbonyl (C=O) groups is 3. The molecular weight excluding hydrogens is 350 g/mol. The van der Waals surface area contributed by atoms with Crippen molar-refractivity contribution in [2.75, 3.05) is 14.2 Å². The van der Waals surface area contributed by atoms with Gasteiger partial charge < -0.3 is 14.2 Å². The van der Waals surface area contributed by atoms with Crippen LogP contribution in [0.1, 0.15) is 31.2 Å². The van der Waals surface area contributed by atoms with Gasteiger partial charge in [0.25, 0.3) is 0 Å². The topological polar surface area (TPSA) is 91.8 Å². The lowest BCUT2D eigenvalue weighted by molar-refractivity contribution is -0.151. The predicted octanol–water partition coefficient (Wildman–Crippen LogP) is 2.13. The molecule has 1 aliphatic rings. The van der Waals surface area contributed by atoms with E-state index < -0.39 is 11.8 Å². The molecule has 0 radical (unpaired) electrons. The van der Waals surface area contributed by atoms with Gasteiger partial charge in [-0.2, -0.15) is 0 Å². The van der Waals surface area contributed by atoms with Crippen LogP contribution in [-0.2, 0) is 30.3 Å². The van der Waals surface area contributed by atoms with Gasteiger partial charge in [0.2, 0.25) is 11.7 Å². The molecule has 2 rings (SSSR count). The fourth-order valence-corrected chi connectivity index (χ4v) is 2.99. The summed E-state index contributed by atoms with van der Waals surface area (Å²) in [6, 6.07) is 1.55. The third kappa shape index (κ3) is 5.16. The third-order valence-corrected chi connectivity index (χ3v) is 4.40. The van der Waals surface area contributed by atoms with Crippen molar-refractivity contribution in [3.05, 3.63) is 22.8 Å². The van der Waals surface area contributed by atoms with Gasteiger partial charge in [-0.25, -0.2) is 9.78 Å². The Morgan fingerprint density at radius 2 is 1.84 bits per heavy atom. The molecule has 0 aromatic carbocycles. The molecule has 0 unspecified atom stereocenters. The molecule has 1 aromatic rings. The maximum Gasteiger partial charge on any atom is 0.374 e. The van der Waals surface area contributed by atoms with Gasteiger partial charge in [0.15, 0.2) is 0 Å². The molecule has 7 nitrogen and oxygen atoms in total. The van der Waals surface area contributed by atoms with Crippen molar-refractivity contribution < 1.29 is 28.6 Å². The van der Waals surface area contributed by atoms with E-state index in [9.17, 15) is 14.4 Å². The van der Waals surface area contributed by atoms with E-state index in [1.807, 2.05) is 0 Å². The lowest BCUT2D eigenvalue weighted by Gasteiger charge is -2.27. The zero-order chi connectivity index (χ0) is 18.4. The fraction of sp³-hybridized carbons (Fsp3) is 0.529. The molecule has 1 aromatic heterocycles. The van der Waals surface area contributed by atoms with E-state index in [-0.39, 0.29) is 35.3 Å². The minimum Gasteiger partial charge on any atom is -0.473 e. The van der Waals surface area contributed by atoms with E-state index in [0.717, 1.165) is 7.11 Å². The summed E-state index contributed by atoms with van der Waals surface area (Å²) in [5.41, 5.74) is 0.502. The number of ether oxygens (including phenoxy) is 3. The standard InChI is InChI=1S/C17H20ClNO6/c1-23-16(21)11-3-5-12(6-4-11)25-15-13(18)7-10(9-19-15)8-14(20)17(22)24-2/h7,9,11-12H,3-6,8H2,1-2H3. The van der Waals surface area contributed by atoms with Crippen molar-refractivity contribution in [1.29, 1.82) is 0 Å². The second-order valence-electron chi connectivity index (χ2n) is 5.84. The Morgan fingerprint density at radius 1 is 1.16 bits per heavy atom. The number of hydrogen-bond acceptors (Lipinski definition) is 7. The number of carbonyl (C=O) groups excluding carboxylic acids is 3. The first-order valence-electron chi connectivity index (χ1n) is 7.94. The van der Waals surface area contributed by atoms with Crippen molar-refractivity contribution in [3.63, 3.8) is 0 Å². The molecule has 1 saturated carbocycles. The molecule has 0 saturated heterocycles. The highest BCUT2D eigenvalue weighted by molar-refractivity contribution is 6.34. The Kier molecular flexibility index (Phi) is 6.75. The van der Waals surface area contributed by atoms with Crippen molar-refractivity contribution in [3.8, 4) is 5.88 Å². The van der Waals surface area contributed by atoms with Crippen LogP contribution in [0, 0.1) is 5.92 Å². The van der Waals surface area contributed by atoms with Gasteiger partial charge in [0.05, 0.1) is 20.1 Å². The van der Waals surface area contributed by atoms with E-state index >= 15 is 0 Å². The Labute approximate surface area is 150 Å². The molecule has 0 amide bonds. The summed E-state index contributed by atoms with van der Waals surface area (Å²) < 4.78 is 14.9. The molecular formula is C17H20ClNO6. The summed E-state index contributed by atoms with van der Waals surface area (Å²) in [7, 11) is 2.54. The smallest absolute Gasteiger partial charge is 0.374 e. The first-order valence-corrected chi connectivity index (χ1v) is 8.32. The SMILES string of the molecule is COC(=O)C(=O)Cc1cnc(OC2CCC(C(=O)OC)CC2)c(Cl)c1. The highest BCUT2D eigenvalue weighted by atomic mass is 35.5. The average Bonchev–Trinajstić information content (AvgIpc) is 2.63. The monoisotopic (exact) mass is 369 g/mol. The number of esters is 2. The van der Waals surface area contributed by atoms with Crippen LogP contribution in [0.4, 0.5) is 0 Å². The molecule has 0 bridgehead atoms. The highest BCUT2D eigenvalue weighted by Gasteiger charge is 2.28. The van der Waals surface area contributed by atoms with Gasteiger partial charge in [-0.1, -0.05) is 11.6 Å². The number of Topliss-reactive ketones (excluding diaryl/α,β-unsaturated/α-hetero) is 1. The summed E-state index contributed by atoms with van der Waals surface area (Å²) in [5.74, 6) is -1.57. The molecule has 0 N–H and O–H groups in total. The van der Waals surface area contributed by atoms with E-state index in [2.05, 4.69) is 9.72 Å². The van der Waals surface area contributed by atoms with E-state index in [1.54, 1.807) is 6.07 Å². The van der Waals surface area contributed by atoms with Crippen LogP contribution < -0.4 is 4.74 Å². The number of methoxy groups -OCH3 is 2. The van der Waals surface area contributed by atoms with E-state index in [1.165, 1.54) is 13.3 Å². The van der Waals surface area contributed by atoms with Gasteiger partial charge in [0, 0.05) is 12.6 Å². The quantitative estimate of drug-likeness (QED) is 0.560. The summed E-state index contributed by atoms with van der Waals surface area (Å²) >= 11 is 6.16. The summed E-state index contributed by atoms with van der Waals surface area (Å²) in [6.07, 6.45) is 4.04. The van der Waals surface area contributed by atoms with Gasteiger partial charge in [-0.15, -0.1) is 0 Å². The normalized spacial score (nSPS) is 19.8. The Hall–Kier alpha value is -2.15. The lowest BCUT2D eigenvalue weighted by atomic mass is 9.87. The molecule has 25 heavy (non-hydrogen) atoms. The largest absolute Gasteiger partial charge is 0.473 e. The highest BCUT2D eigenvalue weighted by Crippen LogP contribution is 2.30.